The van der Waals surface area contributed by atoms with Gasteiger partial charge >= 0.3 is 0 Å². The van der Waals surface area contributed by atoms with Crippen LogP contribution in [0.15, 0.2) is 36.4 Å². The Bertz CT molecular complexity index is 564. The van der Waals surface area contributed by atoms with Crippen molar-refractivity contribution in [3.05, 3.63) is 42.0 Å². The van der Waals surface area contributed by atoms with Gasteiger partial charge in [-0.2, -0.15) is 0 Å². The maximum atomic E-state index is 4.45. The lowest BCUT2D eigenvalue weighted by Gasteiger charge is -2.17. The number of hydrogen-bond acceptors (Lipinski definition) is 4. The highest BCUT2D eigenvalue weighted by atomic mass is 15.1. The maximum Gasteiger partial charge on any atom is 0.132 e. The lowest BCUT2D eigenvalue weighted by atomic mass is 10.1. The number of anilines is 4. The number of hydrogen-bond donors (Lipinski definition) is 2. The Hall–Kier alpha value is -2.23. The largest absolute Gasteiger partial charge is 0.377 e. The van der Waals surface area contributed by atoms with E-state index in [1.165, 1.54) is 11.3 Å². The smallest absolute Gasteiger partial charge is 0.132 e. The third kappa shape index (κ3) is 3.16. The molecule has 0 fully saturated rings. The first-order valence-corrected chi connectivity index (χ1v) is 6.30. The van der Waals surface area contributed by atoms with Crippen molar-refractivity contribution in [3.8, 4) is 0 Å². The summed E-state index contributed by atoms with van der Waals surface area (Å²) in [5.41, 5.74) is 3.50. The first-order valence-electron chi connectivity index (χ1n) is 6.30. The van der Waals surface area contributed by atoms with Gasteiger partial charge in [-0.05, 0) is 36.8 Å². The molecule has 4 heteroatoms. The zero-order chi connectivity index (χ0) is 13.8. The Balaban J connectivity index is 2.25. The third-order valence-electron chi connectivity index (χ3n) is 2.97. The lowest BCUT2D eigenvalue weighted by molar-refractivity contribution is 1.11. The number of nitrogens with zero attached hydrogens (tertiary/aromatic N) is 2. The molecule has 0 amide bonds. The molecule has 0 saturated carbocycles. The van der Waals surface area contributed by atoms with Gasteiger partial charge in [0.15, 0.2) is 0 Å². The summed E-state index contributed by atoms with van der Waals surface area (Å²) in [5.74, 6) is 1.69. The van der Waals surface area contributed by atoms with Crippen LogP contribution < -0.4 is 15.5 Å². The second-order valence-corrected chi connectivity index (χ2v) is 4.68. The monoisotopic (exact) mass is 256 g/mol. The molecule has 1 aromatic carbocycles. The molecule has 0 radical (unpaired) electrons. The Morgan fingerprint density at radius 1 is 1.05 bits per heavy atom. The van der Waals surface area contributed by atoms with Gasteiger partial charge in [0.25, 0.3) is 0 Å². The SMILES string of the molecule is CNc1cccc(Nc2ccc(C)c(N(C)C)c2)n1. The van der Waals surface area contributed by atoms with Crippen molar-refractivity contribution < 1.29 is 0 Å². The molecule has 2 N–H and O–H groups in total. The van der Waals surface area contributed by atoms with E-state index in [1.54, 1.807) is 0 Å². The minimum Gasteiger partial charge on any atom is -0.377 e. The average Bonchev–Trinajstić information content (AvgIpc) is 2.41. The summed E-state index contributed by atoms with van der Waals surface area (Å²) in [6, 6.07) is 12.2. The minimum atomic E-state index is 0.834. The molecule has 0 saturated heterocycles. The van der Waals surface area contributed by atoms with Crippen molar-refractivity contribution in [2.45, 2.75) is 6.92 Å². The first-order chi connectivity index (χ1) is 9.10. The van der Waals surface area contributed by atoms with Crippen molar-refractivity contribution in [3.63, 3.8) is 0 Å². The molecule has 0 aliphatic carbocycles. The van der Waals surface area contributed by atoms with Crippen LogP contribution in [0.3, 0.4) is 0 Å². The quantitative estimate of drug-likeness (QED) is 0.881. The highest BCUT2D eigenvalue weighted by Crippen LogP contribution is 2.24. The number of aromatic nitrogens is 1. The number of rotatable bonds is 4. The minimum absolute atomic E-state index is 0.834. The molecular formula is C15H20N4. The summed E-state index contributed by atoms with van der Waals surface area (Å²) in [5, 5.41) is 6.36. The second kappa shape index (κ2) is 5.61. The fraction of sp³-hybridized carbons (Fsp3) is 0.267. The van der Waals surface area contributed by atoms with Gasteiger partial charge in [0.05, 0.1) is 0 Å². The lowest BCUT2D eigenvalue weighted by Crippen LogP contribution is -2.10. The zero-order valence-electron chi connectivity index (χ0n) is 11.9. The summed E-state index contributed by atoms with van der Waals surface area (Å²) in [6.45, 7) is 2.11. The van der Waals surface area contributed by atoms with Gasteiger partial charge in [-0.15, -0.1) is 0 Å². The van der Waals surface area contributed by atoms with Gasteiger partial charge in [-0.3, -0.25) is 0 Å². The molecule has 100 valence electrons. The Kier molecular flexibility index (Phi) is 3.90. The number of aryl methyl sites for hydroxylation is 1. The number of pyridine rings is 1. The number of benzene rings is 1. The highest BCUT2D eigenvalue weighted by Gasteiger charge is 2.03. The summed E-state index contributed by atoms with van der Waals surface area (Å²) in [6.07, 6.45) is 0. The predicted octanol–water partition coefficient (Wildman–Crippen LogP) is 3.24. The van der Waals surface area contributed by atoms with E-state index in [1.807, 2.05) is 39.3 Å². The molecule has 0 atom stereocenters. The van der Waals surface area contributed by atoms with Crippen molar-refractivity contribution in [1.29, 1.82) is 0 Å². The van der Waals surface area contributed by atoms with Crippen LogP contribution in [0.2, 0.25) is 0 Å². The Labute approximate surface area is 114 Å². The maximum absolute atomic E-state index is 4.45. The van der Waals surface area contributed by atoms with Crippen LogP contribution in [0.25, 0.3) is 0 Å². The van der Waals surface area contributed by atoms with Crippen LogP contribution in [0.5, 0.6) is 0 Å². The fourth-order valence-electron chi connectivity index (χ4n) is 1.96. The summed E-state index contributed by atoms with van der Waals surface area (Å²) in [4.78, 5) is 6.56. The summed E-state index contributed by atoms with van der Waals surface area (Å²) < 4.78 is 0. The van der Waals surface area contributed by atoms with Crippen molar-refractivity contribution in [1.82, 2.24) is 4.98 Å². The first kappa shape index (κ1) is 13.2. The van der Waals surface area contributed by atoms with Gasteiger partial charge in [0.1, 0.15) is 11.6 Å². The van der Waals surface area contributed by atoms with E-state index in [-0.39, 0.29) is 0 Å². The van der Waals surface area contributed by atoms with Crippen LogP contribution in [-0.4, -0.2) is 26.1 Å². The zero-order valence-corrected chi connectivity index (χ0v) is 11.9. The highest BCUT2D eigenvalue weighted by molar-refractivity contribution is 5.66. The van der Waals surface area contributed by atoms with Crippen molar-refractivity contribution >= 4 is 23.0 Å². The normalized spacial score (nSPS) is 10.1. The molecule has 1 aromatic heterocycles. The predicted molar refractivity (Wildman–Crippen MR) is 82.6 cm³/mol. The van der Waals surface area contributed by atoms with E-state index in [4.69, 9.17) is 0 Å². The van der Waals surface area contributed by atoms with Gasteiger partial charge in [-0.25, -0.2) is 4.98 Å². The van der Waals surface area contributed by atoms with Crippen molar-refractivity contribution in [2.24, 2.45) is 0 Å². The summed E-state index contributed by atoms with van der Waals surface area (Å²) in [7, 11) is 5.96. The van der Waals surface area contributed by atoms with Crippen LogP contribution in [0.1, 0.15) is 5.56 Å². The fourth-order valence-corrected chi connectivity index (χ4v) is 1.96. The molecule has 0 bridgehead atoms. The molecule has 4 nitrogen and oxygen atoms in total. The van der Waals surface area contributed by atoms with E-state index >= 15 is 0 Å². The Morgan fingerprint density at radius 3 is 2.47 bits per heavy atom. The molecule has 2 rings (SSSR count). The number of nitrogens with one attached hydrogen (secondary N) is 2. The molecule has 0 aliphatic rings. The Morgan fingerprint density at radius 2 is 1.79 bits per heavy atom. The molecule has 0 aliphatic heterocycles. The van der Waals surface area contributed by atoms with Gasteiger partial charge in [0.2, 0.25) is 0 Å². The van der Waals surface area contributed by atoms with Gasteiger partial charge in [-0.1, -0.05) is 12.1 Å². The average molecular weight is 256 g/mol. The van der Waals surface area contributed by atoms with Crippen LogP contribution in [0.4, 0.5) is 23.0 Å². The van der Waals surface area contributed by atoms with Crippen LogP contribution in [0, 0.1) is 6.92 Å². The molecule has 2 aromatic rings. The van der Waals surface area contributed by atoms with Gasteiger partial charge < -0.3 is 15.5 Å². The molecule has 0 unspecified atom stereocenters. The van der Waals surface area contributed by atoms with Crippen LogP contribution >= 0.6 is 0 Å². The molecule has 0 spiro atoms. The van der Waals surface area contributed by atoms with E-state index in [0.29, 0.717) is 0 Å². The van der Waals surface area contributed by atoms with Crippen LogP contribution in [-0.2, 0) is 0 Å². The topological polar surface area (TPSA) is 40.2 Å². The molecule has 1 heterocycles. The summed E-state index contributed by atoms with van der Waals surface area (Å²) >= 11 is 0. The third-order valence-corrected chi connectivity index (χ3v) is 2.97. The molecule has 19 heavy (non-hydrogen) atoms. The van der Waals surface area contributed by atoms with Gasteiger partial charge in [0, 0.05) is 32.5 Å². The van der Waals surface area contributed by atoms with E-state index < -0.39 is 0 Å². The van der Waals surface area contributed by atoms with E-state index in [9.17, 15) is 0 Å². The van der Waals surface area contributed by atoms with E-state index in [2.05, 4.69) is 45.6 Å². The standard InChI is InChI=1S/C15H20N4/c1-11-8-9-12(10-13(11)19(3)4)17-15-7-5-6-14(16-2)18-15/h5-10H,1-4H3,(H2,16,17,18). The van der Waals surface area contributed by atoms with Crippen molar-refractivity contribution in [2.75, 3.05) is 36.7 Å². The van der Waals surface area contributed by atoms with E-state index in [0.717, 1.165) is 17.3 Å². The second-order valence-electron chi connectivity index (χ2n) is 4.68. The molecular weight excluding hydrogens is 236 g/mol.